The van der Waals surface area contributed by atoms with E-state index in [4.69, 9.17) is 0 Å². The molecular weight excluding hydrogens is 260 g/mol. The summed E-state index contributed by atoms with van der Waals surface area (Å²) >= 11 is 1.75. The van der Waals surface area contributed by atoms with Crippen molar-refractivity contribution >= 4 is 17.3 Å². The third-order valence-electron chi connectivity index (χ3n) is 4.28. The van der Waals surface area contributed by atoms with Crippen molar-refractivity contribution in [3.05, 3.63) is 15.6 Å². The van der Waals surface area contributed by atoms with Crippen molar-refractivity contribution in [2.75, 3.05) is 13.1 Å². The fourth-order valence-electron chi connectivity index (χ4n) is 2.72. The van der Waals surface area contributed by atoms with E-state index >= 15 is 0 Å². The standard InChI is InChI=1S/C14H22N2O2S/c1-9-12(19-11(3)15-9)10(2)16-7-5-14(4,6-8-16)13(17)18/h10H,5-8H2,1-4H3,(H,17,18). The van der Waals surface area contributed by atoms with Crippen molar-refractivity contribution in [1.82, 2.24) is 9.88 Å². The van der Waals surface area contributed by atoms with E-state index in [0.717, 1.165) is 36.6 Å². The third kappa shape index (κ3) is 2.82. The lowest BCUT2D eigenvalue weighted by Crippen LogP contribution is -2.43. The number of likely N-dealkylation sites (tertiary alicyclic amines) is 1. The summed E-state index contributed by atoms with van der Waals surface area (Å²) in [5, 5.41) is 10.4. The van der Waals surface area contributed by atoms with Crippen LogP contribution in [-0.2, 0) is 4.79 Å². The maximum Gasteiger partial charge on any atom is 0.309 e. The molecule has 1 saturated heterocycles. The van der Waals surface area contributed by atoms with E-state index < -0.39 is 11.4 Å². The molecule has 106 valence electrons. The molecule has 1 aromatic rings. The summed E-state index contributed by atoms with van der Waals surface area (Å²) in [4.78, 5) is 19.4. The zero-order chi connectivity index (χ0) is 14.2. The third-order valence-corrected chi connectivity index (χ3v) is 5.53. The molecule has 1 fully saturated rings. The van der Waals surface area contributed by atoms with E-state index in [1.165, 1.54) is 4.88 Å². The Hall–Kier alpha value is -0.940. The molecule has 0 aliphatic carbocycles. The monoisotopic (exact) mass is 282 g/mol. The van der Waals surface area contributed by atoms with E-state index in [-0.39, 0.29) is 0 Å². The summed E-state index contributed by atoms with van der Waals surface area (Å²) in [5.74, 6) is -0.662. The number of thiazole rings is 1. The molecule has 1 unspecified atom stereocenters. The molecule has 1 aliphatic heterocycles. The Bertz CT molecular complexity index is 476. The van der Waals surface area contributed by atoms with Crippen molar-refractivity contribution in [1.29, 1.82) is 0 Å². The summed E-state index contributed by atoms with van der Waals surface area (Å²) < 4.78 is 0. The molecule has 1 N–H and O–H groups in total. The highest BCUT2D eigenvalue weighted by molar-refractivity contribution is 7.11. The summed E-state index contributed by atoms with van der Waals surface area (Å²) in [6, 6.07) is 0.338. The van der Waals surface area contributed by atoms with Gasteiger partial charge in [0.05, 0.1) is 16.1 Å². The molecule has 1 aliphatic rings. The van der Waals surface area contributed by atoms with Crippen molar-refractivity contribution in [3.63, 3.8) is 0 Å². The first-order valence-electron chi connectivity index (χ1n) is 6.75. The van der Waals surface area contributed by atoms with Crippen molar-refractivity contribution in [2.24, 2.45) is 5.41 Å². The second-order valence-corrected chi connectivity index (χ2v) is 7.00. The lowest BCUT2D eigenvalue weighted by molar-refractivity contribution is -0.151. The number of carboxylic acid groups (broad SMARTS) is 1. The normalized spacial score (nSPS) is 21.3. The van der Waals surface area contributed by atoms with Crippen LogP contribution in [0, 0.1) is 19.3 Å². The molecule has 0 aromatic carbocycles. The summed E-state index contributed by atoms with van der Waals surface area (Å²) in [6.45, 7) is 9.84. The van der Waals surface area contributed by atoms with E-state index in [2.05, 4.69) is 23.7 Å². The van der Waals surface area contributed by atoms with Crippen molar-refractivity contribution in [3.8, 4) is 0 Å². The molecule has 19 heavy (non-hydrogen) atoms. The van der Waals surface area contributed by atoms with Crippen LogP contribution in [0.4, 0.5) is 0 Å². The molecule has 5 heteroatoms. The van der Waals surface area contributed by atoms with Crippen LogP contribution in [0.2, 0.25) is 0 Å². The lowest BCUT2D eigenvalue weighted by atomic mass is 9.80. The number of nitrogens with zero attached hydrogens (tertiary/aromatic N) is 2. The second kappa shape index (κ2) is 5.21. The minimum atomic E-state index is -0.662. The highest BCUT2D eigenvalue weighted by Crippen LogP contribution is 2.36. The van der Waals surface area contributed by atoms with E-state index in [1.54, 1.807) is 11.3 Å². The highest BCUT2D eigenvalue weighted by atomic mass is 32.1. The van der Waals surface area contributed by atoms with Gasteiger partial charge in [0.2, 0.25) is 0 Å². The Labute approximate surface area is 118 Å². The van der Waals surface area contributed by atoms with Crippen molar-refractivity contribution in [2.45, 2.75) is 46.6 Å². The van der Waals surface area contributed by atoms with Gasteiger partial charge in [-0.3, -0.25) is 9.69 Å². The van der Waals surface area contributed by atoms with Crippen LogP contribution in [0.1, 0.15) is 48.3 Å². The van der Waals surface area contributed by atoms with Crippen LogP contribution in [0.25, 0.3) is 0 Å². The molecule has 1 atom stereocenters. The minimum Gasteiger partial charge on any atom is -0.481 e. The van der Waals surface area contributed by atoms with Crippen LogP contribution >= 0.6 is 11.3 Å². The topological polar surface area (TPSA) is 53.4 Å². The van der Waals surface area contributed by atoms with Crippen molar-refractivity contribution < 1.29 is 9.90 Å². The molecule has 2 rings (SSSR count). The van der Waals surface area contributed by atoms with Crippen LogP contribution in [0.3, 0.4) is 0 Å². The average Bonchev–Trinajstić information content (AvgIpc) is 2.68. The zero-order valence-corrected chi connectivity index (χ0v) is 12.9. The first-order chi connectivity index (χ1) is 8.83. The van der Waals surface area contributed by atoms with Gasteiger partial charge in [0.25, 0.3) is 0 Å². The lowest BCUT2D eigenvalue weighted by Gasteiger charge is -2.39. The largest absolute Gasteiger partial charge is 0.481 e. The Morgan fingerprint density at radius 3 is 2.42 bits per heavy atom. The van der Waals surface area contributed by atoms with Gasteiger partial charge in [-0.25, -0.2) is 4.98 Å². The van der Waals surface area contributed by atoms with Gasteiger partial charge < -0.3 is 5.11 Å². The number of aliphatic carboxylic acids is 1. The Morgan fingerprint density at radius 1 is 1.42 bits per heavy atom. The number of aromatic nitrogens is 1. The van der Waals surface area contributed by atoms with Gasteiger partial charge in [-0.05, 0) is 53.6 Å². The molecule has 0 bridgehead atoms. The van der Waals surface area contributed by atoms with Gasteiger partial charge in [0, 0.05) is 10.9 Å². The minimum absolute atomic E-state index is 0.338. The molecule has 0 spiro atoms. The highest BCUT2D eigenvalue weighted by Gasteiger charge is 2.38. The number of piperidine rings is 1. The van der Waals surface area contributed by atoms with Gasteiger partial charge in [0.15, 0.2) is 0 Å². The molecule has 0 radical (unpaired) electrons. The van der Waals surface area contributed by atoms with Gasteiger partial charge in [-0.1, -0.05) is 0 Å². The predicted octanol–water partition coefficient (Wildman–Crippen LogP) is 3.01. The summed E-state index contributed by atoms with van der Waals surface area (Å²) in [6.07, 6.45) is 1.45. The maximum atomic E-state index is 11.3. The molecule has 1 aromatic heterocycles. The quantitative estimate of drug-likeness (QED) is 0.926. The molecule has 2 heterocycles. The molecule has 0 saturated carbocycles. The second-order valence-electron chi connectivity index (χ2n) is 5.76. The smallest absolute Gasteiger partial charge is 0.309 e. The first-order valence-corrected chi connectivity index (χ1v) is 7.56. The fourth-order valence-corrected chi connectivity index (χ4v) is 3.73. The van der Waals surface area contributed by atoms with Gasteiger partial charge in [-0.2, -0.15) is 0 Å². The first kappa shape index (κ1) is 14.5. The Balaban J connectivity index is 2.06. The number of carbonyl (C=O) groups is 1. The summed E-state index contributed by atoms with van der Waals surface area (Å²) in [7, 11) is 0. The van der Waals surface area contributed by atoms with E-state index in [1.807, 2.05) is 13.8 Å². The zero-order valence-electron chi connectivity index (χ0n) is 12.1. The molecule has 0 amide bonds. The summed E-state index contributed by atoms with van der Waals surface area (Å²) in [5.41, 5.74) is 0.566. The number of carboxylic acids is 1. The van der Waals surface area contributed by atoms with Crippen LogP contribution in [0.5, 0.6) is 0 Å². The molecule has 4 nitrogen and oxygen atoms in total. The fraction of sp³-hybridized carbons (Fsp3) is 0.714. The Morgan fingerprint density at radius 2 is 2.00 bits per heavy atom. The van der Waals surface area contributed by atoms with Crippen LogP contribution in [-0.4, -0.2) is 34.0 Å². The SMILES string of the molecule is Cc1nc(C)c(C(C)N2CCC(C)(C(=O)O)CC2)s1. The predicted molar refractivity (Wildman–Crippen MR) is 76.6 cm³/mol. The number of hydrogen-bond acceptors (Lipinski definition) is 4. The number of hydrogen-bond donors (Lipinski definition) is 1. The van der Waals surface area contributed by atoms with E-state index in [0.29, 0.717) is 6.04 Å². The number of aryl methyl sites for hydroxylation is 2. The maximum absolute atomic E-state index is 11.3. The molecular formula is C14H22N2O2S. The Kier molecular flexibility index (Phi) is 3.97. The van der Waals surface area contributed by atoms with Gasteiger partial charge >= 0.3 is 5.97 Å². The average molecular weight is 282 g/mol. The van der Waals surface area contributed by atoms with Crippen LogP contribution in [0.15, 0.2) is 0 Å². The van der Waals surface area contributed by atoms with Crippen LogP contribution < -0.4 is 0 Å². The van der Waals surface area contributed by atoms with Gasteiger partial charge in [-0.15, -0.1) is 11.3 Å². The number of rotatable bonds is 3. The van der Waals surface area contributed by atoms with E-state index in [9.17, 15) is 9.90 Å². The van der Waals surface area contributed by atoms with Gasteiger partial charge in [0.1, 0.15) is 0 Å².